The van der Waals surface area contributed by atoms with Crippen molar-refractivity contribution in [3.05, 3.63) is 0 Å². The van der Waals surface area contributed by atoms with Crippen molar-refractivity contribution in [2.45, 2.75) is 44.6 Å². The number of amides is 1. The van der Waals surface area contributed by atoms with Gasteiger partial charge in [-0.15, -0.1) is 0 Å². The van der Waals surface area contributed by atoms with E-state index in [4.69, 9.17) is 10.8 Å². The molecule has 0 aromatic rings. The van der Waals surface area contributed by atoms with Gasteiger partial charge in [0.05, 0.1) is 11.5 Å². The SMILES string of the molecule is CCCC(CNC(=O)C1(N)CCC1)C(=O)O. The number of aliphatic carboxylic acids is 1. The van der Waals surface area contributed by atoms with E-state index in [9.17, 15) is 9.59 Å². The fourth-order valence-corrected chi connectivity index (χ4v) is 1.84. The topological polar surface area (TPSA) is 92.4 Å². The molecule has 0 aliphatic heterocycles. The van der Waals surface area contributed by atoms with Gasteiger partial charge in [0, 0.05) is 6.54 Å². The first-order chi connectivity index (χ1) is 7.49. The van der Waals surface area contributed by atoms with Crippen LogP contribution in [0.15, 0.2) is 0 Å². The monoisotopic (exact) mass is 228 g/mol. The smallest absolute Gasteiger partial charge is 0.308 e. The summed E-state index contributed by atoms with van der Waals surface area (Å²) in [6.07, 6.45) is 3.74. The molecule has 0 spiro atoms. The minimum atomic E-state index is -0.859. The number of nitrogens with two attached hydrogens (primary N) is 1. The number of carboxylic acids is 1. The van der Waals surface area contributed by atoms with Crippen molar-refractivity contribution >= 4 is 11.9 Å². The van der Waals surface area contributed by atoms with Crippen LogP contribution in [0.25, 0.3) is 0 Å². The van der Waals surface area contributed by atoms with Crippen molar-refractivity contribution < 1.29 is 14.7 Å². The molecule has 1 saturated carbocycles. The van der Waals surface area contributed by atoms with Crippen LogP contribution in [0.4, 0.5) is 0 Å². The third kappa shape index (κ3) is 2.95. The predicted molar refractivity (Wildman–Crippen MR) is 59.8 cm³/mol. The molecule has 0 radical (unpaired) electrons. The highest BCUT2D eigenvalue weighted by molar-refractivity contribution is 5.87. The van der Waals surface area contributed by atoms with E-state index in [-0.39, 0.29) is 12.5 Å². The van der Waals surface area contributed by atoms with Crippen LogP contribution in [0.3, 0.4) is 0 Å². The van der Waals surface area contributed by atoms with Crippen LogP contribution in [-0.2, 0) is 9.59 Å². The van der Waals surface area contributed by atoms with Gasteiger partial charge in [0.1, 0.15) is 0 Å². The molecule has 1 amide bonds. The molecule has 0 bridgehead atoms. The van der Waals surface area contributed by atoms with Gasteiger partial charge in [-0.2, -0.15) is 0 Å². The summed E-state index contributed by atoms with van der Waals surface area (Å²) in [5.41, 5.74) is 5.08. The normalized spacial score (nSPS) is 19.6. The van der Waals surface area contributed by atoms with E-state index in [1.165, 1.54) is 0 Å². The van der Waals surface area contributed by atoms with Gasteiger partial charge in [-0.1, -0.05) is 13.3 Å². The van der Waals surface area contributed by atoms with Crippen molar-refractivity contribution in [3.63, 3.8) is 0 Å². The van der Waals surface area contributed by atoms with E-state index in [2.05, 4.69) is 5.32 Å². The van der Waals surface area contributed by atoms with Gasteiger partial charge in [0.2, 0.25) is 5.91 Å². The van der Waals surface area contributed by atoms with E-state index in [0.29, 0.717) is 19.3 Å². The van der Waals surface area contributed by atoms with Crippen molar-refractivity contribution in [3.8, 4) is 0 Å². The van der Waals surface area contributed by atoms with Crippen LogP contribution in [0.1, 0.15) is 39.0 Å². The van der Waals surface area contributed by atoms with E-state index < -0.39 is 17.4 Å². The lowest BCUT2D eigenvalue weighted by molar-refractivity contribution is -0.142. The fraction of sp³-hybridized carbons (Fsp3) is 0.818. The van der Waals surface area contributed by atoms with Crippen LogP contribution in [-0.4, -0.2) is 29.1 Å². The maximum absolute atomic E-state index is 11.6. The molecular formula is C11H20N2O3. The Kier molecular flexibility index (Phi) is 4.29. The number of rotatable bonds is 6. The number of nitrogens with one attached hydrogen (secondary N) is 1. The summed E-state index contributed by atoms with van der Waals surface area (Å²) in [7, 11) is 0. The maximum atomic E-state index is 11.6. The van der Waals surface area contributed by atoms with Crippen molar-refractivity contribution in [2.75, 3.05) is 6.54 Å². The first kappa shape index (κ1) is 13.0. The van der Waals surface area contributed by atoms with Crippen molar-refractivity contribution in [1.29, 1.82) is 0 Å². The molecule has 5 heteroatoms. The summed E-state index contributed by atoms with van der Waals surface area (Å²) >= 11 is 0. The van der Waals surface area contributed by atoms with Gasteiger partial charge in [0.15, 0.2) is 0 Å². The first-order valence-corrected chi connectivity index (χ1v) is 5.79. The van der Waals surface area contributed by atoms with Crippen molar-refractivity contribution in [1.82, 2.24) is 5.32 Å². The molecule has 4 N–H and O–H groups in total. The van der Waals surface area contributed by atoms with E-state index in [0.717, 1.165) is 12.8 Å². The summed E-state index contributed by atoms with van der Waals surface area (Å²) in [5, 5.41) is 11.6. The second kappa shape index (κ2) is 5.30. The Balaban J connectivity index is 2.36. The van der Waals surface area contributed by atoms with Gasteiger partial charge < -0.3 is 16.2 Å². The minimum absolute atomic E-state index is 0.182. The zero-order valence-electron chi connectivity index (χ0n) is 9.66. The molecule has 0 heterocycles. The Morgan fingerprint density at radius 3 is 2.50 bits per heavy atom. The molecule has 1 rings (SSSR count). The lowest BCUT2D eigenvalue weighted by atomic mass is 9.77. The summed E-state index contributed by atoms with van der Waals surface area (Å²) in [4.78, 5) is 22.5. The minimum Gasteiger partial charge on any atom is -0.481 e. The molecule has 16 heavy (non-hydrogen) atoms. The molecule has 1 fully saturated rings. The van der Waals surface area contributed by atoms with Gasteiger partial charge >= 0.3 is 5.97 Å². The zero-order chi connectivity index (χ0) is 12.2. The van der Waals surface area contributed by atoms with E-state index in [1.807, 2.05) is 6.92 Å². The van der Waals surface area contributed by atoms with Gasteiger partial charge in [-0.05, 0) is 25.7 Å². The summed E-state index contributed by atoms with van der Waals surface area (Å²) in [6, 6.07) is 0. The quantitative estimate of drug-likeness (QED) is 0.616. The fourth-order valence-electron chi connectivity index (χ4n) is 1.84. The van der Waals surface area contributed by atoms with E-state index in [1.54, 1.807) is 0 Å². The number of carboxylic acid groups (broad SMARTS) is 1. The highest BCUT2D eigenvalue weighted by Gasteiger charge is 2.40. The number of carbonyl (C=O) groups excluding carboxylic acids is 1. The van der Waals surface area contributed by atoms with Crippen LogP contribution < -0.4 is 11.1 Å². The molecule has 0 aromatic heterocycles. The van der Waals surface area contributed by atoms with Crippen LogP contribution in [0, 0.1) is 5.92 Å². The average molecular weight is 228 g/mol. The Hall–Kier alpha value is -1.10. The second-order valence-corrected chi connectivity index (χ2v) is 4.54. The Morgan fingerprint density at radius 1 is 1.50 bits per heavy atom. The Bertz CT molecular complexity index is 274. The van der Waals surface area contributed by atoms with Gasteiger partial charge in [-0.3, -0.25) is 9.59 Å². The standard InChI is InChI=1S/C11H20N2O3/c1-2-4-8(9(14)15)7-13-10(16)11(12)5-3-6-11/h8H,2-7,12H2,1H3,(H,13,16)(H,14,15). The summed E-state index contributed by atoms with van der Waals surface area (Å²) < 4.78 is 0. The van der Waals surface area contributed by atoms with Crippen LogP contribution >= 0.6 is 0 Å². The molecule has 0 aromatic carbocycles. The molecular weight excluding hydrogens is 208 g/mol. The first-order valence-electron chi connectivity index (χ1n) is 5.79. The van der Waals surface area contributed by atoms with Gasteiger partial charge in [0.25, 0.3) is 0 Å². The average Bonchev–Trinajstić information content (AvgIpc) is 2.19. The number of hydrogen-bond acceptors (Lipinski definition) is 3. The highest BCUT2D eigenvalue weighted by atomic mass is 16.4. The summed E-state index contributed by atoms with van der Waals surface area (Å²) in [5.74, 6) is -1.57. The molecule has 5 nitrogen and oxygen atoms in total. The molecule has 1 atom stereocenters. The zero-order valence-corrected chi connectivity index (χ0v) is 9.66. The Morgan fingerprint density at radius 2 is 2.12 bits per heavy atom. The number of carbonyl (C=O) groups is 2. The predicted octanol–water partition coefficient (Wildman–Crippen LogP) is 0.485. The molecule has 1 aliphatic carbocycles. The van der Waals surface area contributed by atoms with Crippen molar-refractivity contribution in [2.24, 2.45) is 11.7 Å². The second-order valence-electron chi connectivity index (χ2n) is 4.54. The molecule has 1 unspecified atom stereocenters. The number of hydrogen-bond donors (Lipinski definition) is 3. The molecule has 0 saturated heterocycles. The van der Waals surface area contributed by atoms with Crippen LogP contribution in [0.2, 0.25) is 0 Å². The third-order valence-corrected chi connectivity index (χ3v) is 3.19. The maximum Gasteiger partial charge on any atom is 0.308 e. The summed E-state index contributed by atoms with van der Waals surface area (Å²) in [6.45, 7) is 2.11. The molecule has 92 valence electrons. The lowest BCUT2D eigenvalue weighted by Gasteiger charge is -2.36. The largest absolute Gasteiger partial charge is 0.481 e. The van der Waals surface area contributed by atoms with Gasteiger partial charge in [-0.25, -0.2) is 0 Å². The lowest BCUT2D eigenvalue weighted by Crippen LogP contribution is -2.59. The third-order valence-electron chi connectivity index (χ3n) is 3.19. The highest BCUT2D eigenvalue weighted by Crippen LogP contribution is 2.29. The Labute approximate surface area is 95.4 Å². The van der Waals surface area contributed by atoms with Crippen LogP contribution in [0.5, 0.6) is 0 Å². The molecule has 1 aliphatic rings. The van der Waals surface area contributed by atoms with E-state index >= 15 is 0 Å².